The minimum absolute atomic E-state index is 0.752. The average molecular weight is 428 g/mol. The molecule has 0 aliphatic heterocycles. The Labute approximate surface area is 194 Å². The average Bonchev–Trinajstić information content (AvgIpc) is 2.88. The van der Waals surface area contributed by atoms with E-state index in [9.17, 15) is 0 Å². The molecule has 33 heavy (non-hydrogen) atoms. The lowest BCUT2D eigenvalue weighted by atomic mass is 10.0. The number of aromatic nitrogens is 2. The molecule has 1 N–H and O–H groups in total. The molecule has 0 unspecified atom stereocenters. The van der Waals surface area contributed by atoms with Crippen molar-refractivity contribution in [1.29, 1.82) is 0 Å². The molecular weight excluding hydrogens is 402 g/mol. The summed E-state index contributed by atoms with van der Waals surface area (Å²) >= 11 is 0. The lowest BCUT2D eigenvalue weighted by Gasteiger charge is -2.07. The van der Waals surface area contributed by atoms with Crippen LogP contribution >= 0.6 is 0 Å². The van der Waals surface area contributed by atoms with Crippen molar-refractivity contribution >= 4 is 33.1 Å². The number of rotatable bonds is 6. The number of fused-ring (bicyclic) bond motifs is 2. The van der Waals surface area contributed by atoms with E-state index in [2.05, 4.69) is 113 Å². The number of allylic oxidation sites excluding steroid dienone is 3. The fraction of sp³-hybridized carbons (Fsp3) is 0.0667. The van der Waals surface area contributed by atoms with Crippen molar-refractivity contribution in [2.24, 2.45) is 0 Å². The van der Waals surface area contributed by atoms with Gasteiger partial charge in [0.05, 0.1) is 11.0 Å². The standard InChI is InChI=1S/C30H25N3/c1-2-22(26-11-9-24-7-4-18-32-29(24)20-26)6-3-17-31-28-15-13-23(14-16-28)27-12-10-25-8-5-19-33-30(25)21-27/h2-16,18-21,31H,17H2,1H3/b6-3-,22-2+. The van der Waals surface area contributed by atoms with Crippen LogP contribution in [0.3, 0.4) is 0 Å². The molecule has 3 aromatic carbocycles. The Morgan fingerprint density at radius 2 is 1.42 bits per heavy atom. The van der Waals surface area contributed by atoms with Gasteiger partial charge in [0.2, 0.25) is 0 Å². The third-order valence-corrected chi connectivity index (χ3v) is 5.80. The summed E-state index contributed by atoms with van der Waals surface area (Å²) < 4.78 is 0. The molecular formula is C30H25N3. The summed E-state index contributed by atoms with van der Waals surface area (Å²) in [6, 6.07) is 29.5. The number of hydrogen-bond acceptors (Lipinski definition) is 3. The Morgan fingerprint density at radius 3 is 2.15 bits per heavy atom. The highest BCUT2D eigenvalue weighted by Crippen LogP contribution is 2.25. The molecule has 0 radical (unpaired) electrons. The maximum absolute atomic E-state index is 4.47. The summed E-state index contributed by atoms with van der Waals surface area (Å²) in [5, 5.41) is 5.79. The molecule has 0 saturated heterocycles. The molecule has 0 atom stereocenters. The summed E-state index contributed by atoms with van der Waals surface area (Å²) in [6.45, 7) is 2.82. The first kappa shape index (κ1) is 20.7. The molecule has 0 aliphatic rings. The molecule has 2 aromatic heterocycles. The number of nitrogens with zero attached hydrogens (tertiary/aromatic N) is 2. The topological polar surface area (TPSA) is 37.8 Å². The van der Waals surface area contributed by atoms with Gasteiger partial charge in [-0.15, -0.1) is 0 Å². The van der Waals surface area contributed by atoms with Gasteiger partial charge in [0.25, 0.3) is 0 Å². The predicted octanol–water partition coefficient (Wildman–Crippen LogP) is 7.52. The number of nitrogens with one attached hydrogen (secondary N) is 1. The molecule has 160 valence electrons. The number of anilines is 1. The highest BCUT2D eigenvalue weighted by Gasteiger charge is 2.02. The van der Waals surface area contributed by atoms with Gasteiger partial charge in [-0.3, -0.25) is 9.97 Å². The van der Waals surface area contributed by atoms with Gasteiger partial charge in [-0.05, 0) is 65.6 Å². The quantitative estimate of drug-likeness (QED) is 0.285. The third kappa shape index (κ3) is 4.68. The molecule has 0 bridgehead atoms. The second kappa shape index (κ2) is 9.49. The van der Waals surface area contributed by atoms with E-state index in [1.165, 1.54) is 22.3 Å². The summed E-state index contributed by atoms with van der Waals surface area (Å²) in [5.41, 5.74) is 7.85. The van der Waals surface area contributed by atoms with Crippen LogP contribution in [-0.4, -0.2) is 16.5 Å². The molecule has 2 heterocycles. The zero-order valence-electron chi connectivity index (χ0n) is 18.6. The molecule has 0 fully saturated rings. The van der Waals surface area contributed by atoms with Gasteiger partial charge < -0.3 is 5.32 Å². The van der Waals surface area contributed by atoms with Crippen molar-refractivity contribution in [2.45, 2.75) is 6.92 Å². The van der Waals surface area contributed by atoms with Crippen LogP contribution in [0.1, 0.15) is 12.5 Å². The Hall–Kier alpha value is -4.24. The lowest BCUT2D eigenvalue weighted by Crippen LogP contribution is -1.98. The largest absolute Gasteiger partial charge is 0.382 e. The number of benzene rings is 3. The lowest BCUT2D eigenvalue weighted by molar-refractivity contribution is 1.33. The van der Waals surface area contributed by atoms with Crippen LogP contribution in [0, 0.1) is 0 Å². The maximum Gasteiger partial charge on any atom is 0.0708 e. The molecule has 5 rings (SSSR count). The zero-order valence-corrected chi connectivity index (χ0v) is 18.6. The van der Waals surface area contributed by atoms with E-state index in [0.29, 0.717) is 0 Å². The minimum atomic E-state index is 0.752. The summed E-state index contributed by atoms with van der Waals surface area (Å²) in [6.07, 6.45) is 10.1. The van der Waals surface area contributed by atoms with Gasteiger partial charge in [-0.1, -0.05) is 66.8 Å². The highest BCUT2D eigenvalue weighted by molar-refractivity contribution is 5.85. The van der Waals surface area contributed by atoms with Gasteiger partial charge in [-0.2, -0.15) is 0 Å². The molecule has 3 heteroatoms. The third-order valence-electron chi connectivity index (χ3n) is 5.80. The minimum Gasteiger partial charge on any atom is -0.382 e. The van der Waals surface area contributed by atoms with E-state index in [-0.39, 0.29) is 0 Å². The van der Waals surface area contributed by atoms with E-state index < -0.39 is 0 Å². The van der Waals surface area contributed by atoms with Crippen LogP contribution in [0.2, 0.25) is 0 Å². The Kier molecular flexibility index (Phi) is 5.94. The maximum atomic E-state index is 4.47. The second-order valence-corrected chi connectivity index (χ2v) is 7.93. The first-order chi connectivity index (χ1) is 16.3. The molecule has 0 aliphatic carbocycles. The van der Waals surface area contributed by atoms with Crippen LogP contribution in [0.15, 0.2) is 116 Å². The Bertz CT molecular complexity index is 1460. The molecule has 0 spiro atoms. The van der Waals surface area contributed by atoms with Crippen LogP contribution in [0.4, 0.5) is 5.69 Å². The van der Waals surface area contributed by atoms with E-state index in [4.69, 9.17) is 0 Å². The van der Waals surface area contributed by atoms with Crippen LogP contribution < -0.4 is 5.32 Å². The monoisotopic (exact) mass is 427 g/mol. The molecule has 0 amide bonds. The first-order valence-electron chi connectivity index (χ1n) is 11.2. The van der Waals surface area contributed by atoms with Gasteiger partial charge in [0.1, 0.15) is 0 Å². The zero-order chi connectivity index (χ0) is 22.5. The van der Waals surface area contributed by atoms with Crippen LogP contribution in [-0.2, 0) is 0 Å². The van der Waals surface area contributed by atoms with E-state index in [1.807, 2.05) is 24.5 Å². The van der Waals surface area contributed by atoms with Crippen molar-refractivity contribution in [3.63, 3.8) is 0 Å². The fourth-order valence-corrected chi connectivity index (χ4v) is 3.99. The smallest absolute Gasteiger partial charge is 0.0708 e. The van der Waals surface area contributed by atoms with Gasteiger partial charge in [0, 0.05) is 35.4 Å². The molecule has 3 nitrogen and oxygen atoms in total. The predicted molar refractivity (Wildman–Crippen MR) is 140 cm³/mol. The summed E-state index contributed by atoms with van der Waals surface area (Å²) in [5.74, 6) is 0. The summed E-state index contributed by atoms with van der Waals surface area (Å²) in [7, 11) is 0. The van der Waals surface area contributed by atoms with Crippen molar-refractivity contribution < 1.29 is 0 Å². The van der Waals surface area contributed by atoms with Gasteiger partial charge in [-0.25, -0.2) is 0 Å². The molecule has 5 aromatic rings. The normalized spacial score (nSPS) is 12.0. The van der Waals surface area contributed by atoms with Crippen molar-refractivity contribution in [3.8, 4) is 11.1 Å². The summed E-state index contributed by atoms with van der Waals surface area (Å²) in [4.78, 5) is 8.94. The Morgan fingerprint density at radius 1 is 0.758 bits per heavy atom. The number of pyridine rings is 2. The van der Waals surface area contributed by atoms with Crippen molar-refractivity contribution in [3.05, 3.63) is 121 Å². The van der Waals surface area contributed by atoms with Crippen molar-refractivity contribution in [2.75, 3.05) is 11.9 Å². The highest BCUT2D eigenvalue weighted by atomic mass is 14.8. The van der Waals surface area contributed by atoms with E-state index >= 15 is 0 Å². The Balaban J connectivity index is 1.23. The second-order valence-electron chi connectivity index (χ2n) is 7.93. The van der Waals surface area contributed by atoms with Gasteiger partial charge >= 0.3 is 0 Å². The van der Waals surface area contributed by atoms with E-state index in [1.54, 1.807) is 0 Å². The van der Waals surface area contributed by atoms with Crippen molar-refractivity contribution in [1.82, 2.24) is 9.97 Å². The van der Waals surface area contributed by atoms with Crippen LogP contribution in [0.25, 0.3) is 38.5 Å². The van der Waals surface area contributed by atoms with Crippen LogP contribution in [0.5, 0.6) is 0 Å². The molecule has 0 saturated carbocycles. The SMILES string of the molecule is C/C=C(\C=C/CNc1ccc(-c2ccc3cccnc3c2)cc1)c1ccc2cccnc2c1. The van der Waals surface area contributed by atoms with Gasteiger partial charge in [0.15, 0.2) is 0 Å². The fourth-order valence-electron chi connectivity index (χ4n) is 3.99. The van der Waals surface area contributed by atoms with E-state index in [0.717, 1.165) is 34.0 Å². The number of hydrogen-bond donors (Lipinski definition) is 1. The first-order valence-corrected chi connectivity index (χ1v) is 11.2.